The fraction of sp³-hybridized carbons (Fsp3) is 0.786. The minimum absolute atomic E-state index is 0.440. The molecule has 1 amide bonds. The zero-order valence-electron chi connectivity index (χ0n) is 12.4. The maximum atomic E-state index is 11.2. The average Bonchev–Trinajstić information content (AvgIpc) is 3.33. The second-order valence-electron chi connectivity index (χ2n) is 6.45. The van der Waals surface area contributed by atoms with Crippen LogP contribution in [-0.4, -0.2) is 32.0 Å². The summed E-state index contributed by atoms with van der Waals surface area (Å²) < 4.78 is 2.35. The molecule has 0 saturated heterocycles. The SMILES string of the molecule is CC(N)(CCCSc1nnc(C2CC2)n1C1CC1)C(N)=O. The molecule has 2 fully saturated rings. The molecule has 2 aliphatic carbocycles. The molecule has 1 heterocycles. The van der Waals surface area contributed by atoms with E-state index in [1.54, 1.807) is 18.7 Å². The van der Waals surface area contributed by atoms with Crippen molar-refractivity contribution in [1.29, 1.82) is 0 Å². The molecule has 1 unspecified atom stereocenters. The highest BCUT2D eigenvalue weighted by Crippen LogP contribution is 2.46. The van der Waals surface area contributed by atoms with E-state index in [2.05, 4.69) is 14.8 Å². The van der Waals surface area contributed by atoms with Gasteiger partial charge in [0.1, 0.15) is 5.82 Å². The number of nitrogens with zero attached hydrogens (tertiary/aromatic N) is 3. The van der Waals surface area contributed by atoms with Gasteiger partial charge in [-0.2, -0.15) is 0 Å². The minimum Gasteiger partial charge on any atom is -0.368 e. The van der Waals surface area contributed by atoms with Crippen molar-refractivity contribution >= 4 is 17.7 Å². The van der Waals surface area contributed by atoms with E-state index in [1.165, 1.54) is 31.5 Å². The normalized spacial score (nSPS) is 21.2. The van der Waals surface area contributed by atoms with Gasteiger partial charge in [0.05, 0.1) is 5.54 Å². The lowest BCUT2D eigenvalue weighted by molar-refractivity contribution is -0.122. The lowest BCUT2D eigenvalue weighted by Crippen LogP contribution is -2.49. The van der Waals surface area contributed by atoms with Gasteiger partial charge in [-0.25, -0.2) is 0 Å². The summed E-state index contributed by atoms with van der Waals surface area (Å²) in [6.07, 6.45) is 6.43. The van der Waals surface area contributed by atoms with Gasteiger partial charge in [-0.15, -0.1) is 10.2 Å². The smallest absolute Gasteiger partial charge is 0.237 e. The molecule has 0 bridgehead atoms. The molecule has 6 nitrogen and oxygen atoms in total. The van der Waals surface area contributed by atoms with Crippen LogP contribution >= 0.6 is 11.8 Å². The predicted octanol–water partition coefficient (Wildman–Crippen LogP) is 1.57. The first kappa shape index (κ1) is 14.8. The molecule has 3 rings (SSSR count). The Bertz CT molecular complexity index is 533. The van der Waals surface area contributed by atoms with Crippen molar-refractivity contribution in [3.8, 4) is 0 Å². The summed E-state index contributed by atoms with van der Waals surface area (Å²) in [5.74, 6) is 2.26. The van der Waals surface area contributed by atoms with Crippen LogP contribution in [0.3, 0.4) is 0 Å². The fourth-order valence-electron chi connectivity index (χ4n) is 2.41. The number of carbonyl (C=O) groups is 1. The highest BCUT2D eigenvalue weighted by Gasteiger charge is 2.36. The summed E-state index contributed by atoms with van der Waals surface area (Å²) in [5, 5.41) is 9.77. The lowest BCUT2D eigenvalue weighted by atomic mass is 9.97. The molecule has 21 heavy (non-hydrogen) atoms. The molecule has 4 N–H and O–H groups in total. The van der Waals surface area contributed by atoms with E-state index in [1.807, 2.05) is 0 Å². The predicted molar refractivity (Wildman–Crippen MR) is 82.0 cm³/mol. The Morgan fingerprint density at radius 2 is 2.10 bits per heavy atom. The van der Waals surface area contributed by atoms with Crippen molar-refractivity contribution in [3.63, 3.8) is 0 Å². The monoisotopic (exact) mass is 309 g/mol. The molecule has 2 saturated carbocycles. The molecule has 116 valence electrons. The van der Waals surface area contributed by atoms with E-state index in [9.17, 15) is 4.79 Å². The minimum atomic E-state index is -0.913. The topological polar surface area (TPSA) is 99.8 Å². The Morgan fingerprint density at radius 3 is 2.67 bits per heavy atom. The molecule has 0 spiro atoms. The average molecular weight is 309 g/mol. The maximum Gasteiger partial charge on any atom is 0.237 e. The van der Waals surface area contributed by atoms with Gasteiger partial charge in [0, 0.05) is 17.7 Å². The Hall–Kier alpha value is -1.08. The van der Waals surface area contributed by atoms with Crippen molar-refractivity contribution in [2.75, 3.05) is 5.75 Å². The zero-order valence-corrected chi connectivity index (χ0v) is 13.2. The Balaban J connectivity index is 1.55. The van der Waals surface area contributed by atoms with Crippen LogP contribution in [0.4, 0.5) is 0 Å². The van der Waals surface area contributed by atoms with Crippen molar-refractivity contribution in [2.45, 2.75) is 68.1 Å². The first-order valence-corrected chi connectivity index (χ1v) is 8.64. The van der Waals surface area contributed by atoms with Crippen LogP contribution < -0.4 is 11.5 Å². The van der Waals surface area contributed by atoms with E-state index in [0.717, 1.165) is 17.3 Å². The molecule has 1 aromatic rings. The summed E-state index contributed by atoms with van der Waals surface area (Å²) >= 11 is 1.72. The van der Waals surface area contributed by atoms with Crippen LogP contribution in [0.5, 0.6) is 0 Å². The number of thioether (sulfide) groups is 1. The molecule has 2 aliphatic rings. The van der Waals surface area contributed by atoms with Gasteiger partial charge in [0.25, 0.3) is 0 Å². The maximum absolute atomic E-state index is 11.2. The number of primary amides is 1. The van der Waals surface area contributed by atoms with Crippen molar-refractivity contribution in [2.24, 2.45) is 11.5 Å². The Labute approximate surface area is 129 Å². The molecular weight excluding hydrogens is 286 g/mol. The van der Waals surface area contributed by atoms with Crippen LogP contribution in [-0.2, 0) is 4.79 Å². The molecular formula is C14H23N5OS. The third-order valence-electron chi connectivity index (χ3n) is 4.18. The molecule has 0 aliphatic heterocycles. The second-order valence-corrected chi connectivity index (χ2v) is 7.51. The summed E-state index contributed by atoms with van der Waals surface area (Å²) in [5.41, 5.74) is 10.2. The summed E-state index contributed by atoms with van der Waals surface area (Å²) in [6, 6.07) is 0.614. The van der Waals surface area contributed by atoms with E-state index in [0.29, 0.717) is 18.4 Å². The summed E-state index contributed by atoms with van der Waals surface area (Å²) in [7, 11) is 0. The van der Waals surface area contributed by atoms with Gasteiger partial charge in [0.2, 0.25) is 5.91 Å². The standard InChI is InChI=1S/C14H23N5OS/c1-14(16,12(15)20)7-2-8-21-13-18-17-11(9-3-4-9)19(13)10-5-6-10/h9-10H,2-8,16H2,1H3,(H2,15,20). The summed E-state index contributed by atoms with van der Waals surface area (Å²) in [4.78, 5) is 11.2. The Morgan fingerprint density at radius 1 is 1.38 bits per heavy atom. The van der Waals surface area contributed by atoms with E-state index in [4.69, 9.17) is 11.5 Å². The zero-order chi connectivity index (χ0) is 15.0. The van der Waals surface area contributed by atoms with Gasteiger partial charge in [-0.05, 0) is 45.4 Å². The van der Waals surface area contributed by atoms with E-state index < -0.39 is 11.4 Å². The molecule has 0 radical (unpaired) electrons. The van der Waals surface area contributed by atoms with Crippen molar-refractivity contribution < 1.29 is 4.79 Å². The van der Waals surface area contributed by atoms with Crippen molar-refractivity contribution in [3.05, 3.63) is 5.82 Å². The van der Waals surface area contributed by atoms with Crippen molar-refractivity contribution in [1.82, 2.24) is 14.8 Å². The quantitative estimate of drug-likeness (QED) is 0.561. The summed E-state index contributed by atoms with van der Waals surface area (Å²) in [6.45, 7) is 1.69. The number of carbonyl (C=O) groups excluding carboxylic acids is 1. The molecule has 1 atom stereocenters. The van der Waals surface area contributed by atoms with Crippen LogP contribution in [0.2, 0.25) is 0 Å². The molecule has 7 heteroatoms. The van der Waals surface area contributed by atoms with Crippen LogP contribution in [0.25, 0.3) is 0 Å². The van der Waals surface area contributed by atoms with E-state index >= 15 is 0 Å². The fourth-order valence-corrected chi connectivity index (χ4v) is 3.36. The van der Waals surface area contributed by atoms with E-state index in [-0.39, 0.29) is 0 Å². The molecule has 1 aromatic heterocycles. The highest BCUT2D eigenvalue weighted by atomic mass is 32.2. The largest absolute Gasteiger partial charge is 0.368 e. The van der Waals surface area contributed by atoms with Crippen LogP contribution in [0, 0.1) is 0 Å². The number of hydrogen-bond acceptors (Lipinski definition) is 5. The lowest BCUT2D eigenvalue weighted by Gasteiger charge is -2.19. The third kappa shape index (κ3) is 3.40. The van der Waals surface area contributed by atoms with Gasteiger partial charge < -0.3 is 16.0 Å². The van der Waals surface area contributed by atoms with Gasteiger partial charge in [-0.3, -0.25) is 4.79 Å². The Kier molecular flexibility index (Phi) is 3.96. The van der Waals surface area contributed by atoms with Crippen LogP contribution in [0.15, 0.2) is 5.16 Å². The van der Waals surface area contributed by atoms with Gasteiger partial charge in [0.15, 0.2) is 5.16 Å². The van der Waals surface area contributed by atoms with Gasteiger partial charge in [-0.1, -0.05) is 11.8 Å². The third-order valence-corrected chi connectivity index (χ3v) is 5.21. The number of rotatable bonds is 8. The first-order valence-electron chi connectivity index (χ1n) is 7.65. The number of aromatic nitrogens is 3. The number of hydrogen-bond donors (Lipinski definition) is 2. The van der Waals surface area contributed by atoms with Crippen LogP contribution in [0.1, 0.15) is 63.2 Å². The number of amides is 1. The first-order chi connectivity index (χ1) is 9.99. The highest BCUT2D eigenvalue weighted by molar-refractivity contribution is 7.99. The molecule has 0 aromatic carbocycles. The number of nitrogens with two attached hydrogens (primary N) is 2. The second kappa shape index (κ2) is 5.61. The van der Waals surface area contributed by atoms with Gasteiger partial charge >= 0.3 is 0 Å².